The molecule has 0 aliphatic heterocycles. The largest absolute Gasteiger partial charge is 0.462 e. The Hall–Kier alpha value is -4.19. The van der Waals surface area contributed by atoms with Crippen LogP contribution in [0.1, 0.15) is 310 Å². The normalized spacial score (nSPS) is 12.9. The molecule has 80 heavy (non-hydrogen) atoms. The summed E-state index contributed by atoms with van der Waals surface area (Å²) < 4.78 is 16.9. The van der Waals surface area contributed by atoms with Crippen LogP contribution in [-0.2, 0) is 28.6 Å². The van der Waals surface area contributed by atoms with E-state index in [1.54, 1.807) is 0 Å². The summed E-state index contributed by atoms with van der Waals surface area (Å²) in [7, 11) is 0. The highest BCUT2D eigenvalue weighted by Crippen LogP contribution is 2.16. The molecule has 0 bridgehead atoms. The van der Waals surface area contributed by atoms with Crippen LogP contribution in [0.2, 0.25) is 0 Å². The van der Waals surface area contributed by atoms with E-state index in [4.69, 9.17) is 14.2 Å². The van der Waals surface area contributed by atoms with Gasteiger partial charge in [0.2, 0.25) is 0 Å². The molecule has 0 aromatic rings. The van der Waals surface area contributed by atoms with Crippen LogP contribution in [0.5, 0.6) is 0 Å². The average molecular weight is 1110 g/mol. The van der Waals surface area contributed by atoms with Crippen LogP contribution in [0.4, 0.5) is 0 Å². The molecule has 0 rings (SSSR count). The minimum absolute atomic E-state index is 0.0832. The predicted octanol–water partition coefficient (Wildman–Crippen LogP) is 23.2. The van der Waals surface area contributed by atoms with Crippen LogP contribution in [0, 0.1) is 0 Å². The zero-order chi connectivity index (χ0) is 57.8. The molecule has 0 heterocycles. The molecule has 0 saturated heterocycles. The predicted molar refractivity (Wildman–Crippen MR) is 348 cm³/mol. The fourth-order valence-corrected chi connectivity index (χ4v) is 9.24. The number of carbonyl (C=O) groups is 3. The van der Waals surface area contributed by atoms with E-state index in [1.807, 2.05) is 0 Å². The number of ether oxygens (including phenoxy) is 3. The lowest BCUT2D eigenvalue weighted by atomic mass is 10.0. The molecule has 0 aliphatic rings. The van der Waals surface area contributed by atoms with Gasteiger partial charge in [0.05, 0.1) is 0 Å². The van der Waals surface area contributed by atoms with E-state index in [1.165, 1.54) is 135 Å². The summed E-state index contributed by atoms with van der Waals surface area (Å²) in [4.78, 5) is 38.2. The minimum atomic E-state index is -0.787. The summed E-state index contributed by atoms with van der Waals surface area (Å²) in [5, 5.41) is 0. The van der Waals surface area contributed by atoms with Crippen molar-refractivity contribution in [2.75, 3.05) is 13.2 Å². The third-order valence-corrected chi connectivity index (χ3v) is 14.2. The van der Waals surface area contributed by atoms with Gasteiger partial charge in [0.25, 0.3) is 0 Å². The van der Waals surface area contributed by atoms with Crippen molar-refractivity contribution in [2.24, 2.45) is 0 Å². The van der Waals surface area contributed by atoms with Crippen molar-refractivity contribution in [3.63, 3.8) is 0 Å². The first-order chi connectivity index (χ1) is 39.5. The molecule has 0 N–H and O–H groups in total. The van der Waals surface area contributed by atoms with Crippen LogP contribution < -0.4 is 0 Å². The summed E-state index contributed by atoms with van der Waals surface area (Å²) in [6, 6.07) is 0. The third kappa shape index (κ3) is 64.6. The van der Waals surface area contributed by atoms with Gasteiger partial charge in [-0.15, -0.1) is 0 Å². The fourth-order valence-electron chi connectivity index (χ4n) is 9.24. The maximum absolute atomic E-state index is 12.9. The molecule has 1 unspecified atom stereocenters. The number of carbonyl (C=O) groups excluding carboxylic acids is 3. The number of rotatable bonds is 60. The van der Waals surface area contributed by atoms with E-state index in [0.717, 1.165) is 135 Å². The van der Waals surface area contributed by atoms with Crippen LogP contribution in [0.3, 0.4) is 0 Å². The molecule has 0 aromatic heterocycles. The van der Waals surface area contributed by atoms with Gasteiger partial charge in [0, 0.05) is 19.3 Å². The Morgan fingerprint density at radius 2 is 0.487 bits per heavy atom. The Morgan fingerprint density at radius 3 is 0.762 bits per heavy atom. The van der Waals surface area contributed by atoms with E-state index in [2.05, 4.69) is 142 Å². The van der Waals surface area contributed by atoms with Crippen molar-refractivity contribution in [3.8, 4) is 0 Å². The summed E-state index contributed by atoms with van der Waals surface area (Å²) in [6.45, 7) is 6.52. The second-order valence-corrected chi connectivity index (χ2v) is 22.0. The Morgan fingerprint density at radius 1 is 0.263 bits per heavy atom. The Balaban J connectivity index is 4.26. The molecule has 0 spiro atoms. The van der Waals surface area contributed by atoms with Crippen molar-refractivity contribution in [3.05, 3.63) is 122 Å². The molecule has 6 nitrogen and oxygen atoms in total. The molecule has 0 amide bonds. The molecule has 456 valence electrons. The van der Waals surface area contributed by atoms with E-state index < -0.39 is 6.10 Å². The molecule has 0 radical (unpaired) electrons. The highest BCUT2D eigenvalue weighted by molar-refractivity contribution is 5.71. The van der Waals surface area contributed by atoms with Gasteiger partial charge < -0.3 is 14.2 Å². The second-order valence-electron chi connectivity index (χ2n) is 22.0. The third-order valence-electron chi connectivity index (χ3n) is 14.2. The first kappa shape index (κ1) is 75.8. The average Bonchev–Trinajstić information content (AvgIpc) is 3.46. The first-order valence-electron chi connectivity index (χ1n) is 33.5. The Bertz CT molecular complexity index is 1650. The standard InChI is InChI=1S/C74H124O6/c1-4-7-10-13-16-19-22-24-26-28-29-30-31-32-33-34-35-36-37-38-39-40-41-42-43-44-45-47-48-50-52-55-58-61-64-67-73(76)79-70-71(69-78-72(75)66-63-60-57-54-21-18-15-12-9-6-3)80-74(77)68-65-62-59-56-53-51-49-46-27-25-23-20-17-14-11-8-5-2/h7,10,16,19,24,26,29-30,32-33,35-36,38-39,41-42,44-45,48,50,71H,4-6,8-9,11-15,17-18,20-23,25,27-28,31,34,37,40,43,46-47,49,51-70H2,1-3H3/b10-7-,19-16-,26-24-,30-29-,33-32-,36-35-,39-38-,42-41-,45-44-,50-48-. The quantitative estimate of drug-likeness (QED) is 0.0261. The topological polar surface area (TPSA) is 78.9 Å². The first-order valence-corrected chi connectivity index (χ1v) is 33.5. The van der Waals surface area contributed by atoms with E-state index in [0.29, 0.717) is 19.3 Å². The van der Waals surface area contributed by atoms with Crippen molar-refractivity contribution in [1.29, 1.82) is 0 Å². The van der Waals surface area contributed by atoms with Gasteiger partial charge >= 0.3 is 17.9 Å². The summed E-state index contributed by atoms with van der Waals surface area (Å²) in [6.07, 6.45) is 93.6. The summed E-state index contributed by atoms with van der Waals surface area (Å²) in [5.74, 6) is -0.901. The van der Waals surface area contributed by atoms with Gasteiger partial charge in [-0.2, -0.15) is 0 Å². The molecule has 0 aliphatic carbocycles. The van der Waals surface area contributed by atoms with Gasteiger partial charge in [-0.3, -0.25) is 14.4 Å². The SMILES string of the molecule is CC/C=C\C/C=C\C/C=C\C/C=C\C/C=C\C/C=C\C/C=C\C/C=C\C/C=C\C/C=C\CCCCCCC(=O)OCC(COC(=O)CCCCCCCCCCCC)OC(=O)CCCCCCCCCCCCCCCCCCC. The van der Waals surface area contributed by atoms with Crippen molar-refractivity contribution < 1.29 is 28.6 Å². The van der Waals surface area contributed by atoms with Gasteiger partial charge in [0.1, 0.15) is 13.2 Å². The fraction of sp³-hybridized carbons (Fsp3) is 0.689. The van der Waals surface area contributed by atoms with Crippen LogP contribution >= 0.6 is 0 Å². The molecular formula is C74H124O6. The second kappa shape index (κ2) is 67.3. The summed E-state index contributed by atoms with van der Waals surface area (Å²) >= 11 is 0. The number of esters is 3. The maximum Gasteiger partial charge on any atom is 0.306 e. The number of hydrogen-bond acceptors (Lipinski definition) is 6. The zero-order valence-electron chi connectivity index (χ0n) is 52.3. The van der Waals surface area contributed by atoms with Crippen molar-refractivity contribution in [1.82, 2.24) is 0 Å². The molecule has 6 heteroatoms. The molecule has 0 fully saturated rings. The lowest BCUT2D eigenvalue weighted by Gasteiger charge is -2.18. The van der Waals surface area contributed by atoms with Gasteiger partial charge in [-0.25, -0.2) is 0 Å². The van der Waals surface area contributed by atoms with Crippen LogP contribution in [0.25, 0.3) is 0 Å². The molecule has 1 atom stereocenters. The van der Waals surface area contributed by atoms with Crippen molar-refractivity contribution in [2.45, 2.75) is 316 Å². The van der Waals surface area contributed by atoms with Gasteiger partial charge in [-0.1, -0.05) is 316 Å². The zero-order valence-corrected chi connectivity index (χ0v) is 52.3. The lowest BCUT2D eigenvalue weighted by molar-refractivity contribution is -0.167. The van der Waals surface area contributed by atoms with E-state index in [9.17, 15) is 14.4 Å². The monoisotopic (exact) mass is 1110 g/mol. The Labute approximate surface area is 494 Å². The number of hydrogen-bond donors (Lipinski definition) is 0. The van der Waals surface area contributed by atoms with E-state index >= 15 is 0 Å². The molecular weight excluding hydrogens is 985 g/mol. The lowest BCUT2D eigenvalue weighted by Crippen LogP contribution is -2.30. The number of unbranched alkanes of at least 4 members (excludes halogenated alkanes) is 29. The van der Waals surface area contributed by atoms with E-state index in [-0.39, 0.29) is 31.1 Å². The maximum atomic E-state index is 12.9. The van der Waals surface area contributed by atoms with Gasteiger partial charge in [-0.05, 0) is 96.3 Å². The van der Waals surface area contributed by atoms with Gasteiger partial charge in [0.15, 0.2) is 6.10 Å². The summed E-state index contributed by atoms with van der Waals surface area (Å²) in [5.41, 5.74) is 0. The van der Waals surface area contributed by atoms with Crippen molar-refractivity contribution >= 4 is 17.9 Å². The number of allylic oxidation sites excluding steroid dienone is 20. The van der Waals surface area contributed by atoms with Crippen LogP contribution in [-0.4, -0.2) is 37.2 Å². The highest BCUT2D eigenvalue weighted by Gasteiger charge is 2.19. The Kier molecular flexibility index (Phi) is 63.8. The molecule has 0 saturated carbocycles. The smallest absolute Gasteiger partial charge is 0.306 e. The van der Waals surface area contributed by atoms with Crippen LogP contribution in [0.15, 0.2) is 122 Å². The minimum Gasteiger partial charge on any atom is -0.462 e. The molecule has 0 aromatic carbocycles. The highest BCUT2D eigenvalue weighted by atomic mass is 16.6.